The zero-order valence-corrected chi connectivity index (χ0v) is 12.0. The Morgan fingerprint density at radius 2 is 1.70 bits per heavy atom. The molecule has 106 valence electrons. The summed E-state index contributed by atoms with van der Waals surface area (Å²) in [7, 11) is 1.65. The Balaban J connectivity index is 2.11. The number of ether oxygens (including phenoxy) is 1. The number of nitrogens with one attached hydrogen (secondary N) is 1. The van der Waals surface area contributed by atoms with Gasteiger partial charge in [0.1, 0.15) is 5.75 Å². The molecule has 0 aliphatic heterocycles. The molecular weight excluding hydrogens is 250 g/mol. The van der Waals surface area contributed by atoms with E-state index in [1.165, 1.54) is 5.56 Å². The first-order chi connectivity index (χ1) is 9.68. The minimum absolute atomic E-state index is 0.0339. The van der Waals surface area contributed by atoms with Crippen molar-refractivity contribution in [3.63, 3.8) is 0 Å². The van der Waals surface area contributed by atoms with E-state index in [1.54, 1.807) is 7.11 Å². The highest BCUT2D eigenvalue weighted by Crippen LogP contribution is 2.23. The lowest BCUT2D eigenvalue weighted by molar-refractivity contribution is 0.173. The molecule has 2 aromatic rings. The first kappa shape index (κ1) is 14.6. The Kier molecular flexibility index (Phi) is 4.77. The van der Waals surface area contributed by atoms with Gasteiger partial charge in [-0.2, -0.15) is 0 Å². The molecule has 1 atom stereocenters. The maximum Gasteiger partial charge on any atom is 0.118 e. The van der Waals surface area contributed by atoms with Crippen molar-refractivity contribution in [3.05, 3.63) is 65.7 Å². The van der Waals surface area contributed by atoms with Crippen molar-refractivity contribution in [2.45, 2.75) is 19.0 Å². The largest absolute Gasteiger partial charge is 0.497 e. The molecule has 0 fully saturated rings. The molecule has 0 heterocycles. The van der Waals surface area contributed by atoms with E-state index in [4.69, 9.17) is 4.74 Å². The first-order valence-electron chi connectivity index (χ1n) is 6.72. The van der Waals surface area contributed by atoms with E-state index in [0.717, 1.165) is 11.3 Å². The number of methoxy groups -OCH3 is 1. The Morgan fingerprint density at radius 3 is 2.25 bits per heavy atom. The molecule has 0 radical (unpaired) electrons. The summed E-state index contributed by atoms with van der Waals surface area (Å²) in [6, 6.07) is 17.9. The molecule has 0 saturated heterocycles. The van der Waals surface area contributed by atoms with Crippen LogP contribution in [0.5, 0.6) is 5.75 Å². The van der Waals surface area contributed by atoms with Crippen molar-refractivity contribution < 1.29 is 9.84 Å². The maximum absolute atomic E-state index is 9.75. The summed E-state index contributed by atoms with van der Waals surface area (Å²) in [6.45, 7) is 2.74. The van der Waals surface area contributed by atoms with Crippen LogP contribution in [0.25, 0.3) is 0 Å². The number of hydrogen-bond donors (Lipinski definition) is 2. The number of benzene rings is 2. The van der Waals surface area contributed by atoms with E-state index in [2.05, 4.69) is 17.4 Å². The van der Waals surface area contributed by atoms with Crippen LogP contribution in [0, 0.1) is 0 Å². The Labute approximate surface area is 120 Å². The second-order valence-corrected chi connectivity index (χ2v) is 5.06. The smallest absolute Gasteiger partial charge is 0.118 e. The van der Waals surface area contributed by atoms with Gasteiger partial charge in [0, 0.05) is 6.54 Å². The number of rotatable bonds is 6. The van der Waals surface area contributed by atoms with Crippen molar-refractivity contribution in [2.24, 2.45) is 0 Å². The SMILES string of the molecule is COc1ccc(C(C)(CO)NCc2ccccc2)cc1. The predicted molar refractivity (Wildman–Crippen MR) is 80.7 cm³/mol. The number of aliphatic hydroxyl groups is 1. The second kappa shape index (κ2) is 6.55. The van der Waals surface area contributed by atoms with Gasteiger partial charge in [0.05, 0.1) is 19.3 Å². The summed E-state index contributed by atoms with van der Waals surface area (Å²) in [5, 5.41) is 13.2. The van der Waals surface area contributed by atoms with Crippen LogP contribution >= 0.6 is 0 Å². The van der Waals surface area contributed by atoms with Crippen LogP contribution < -0.4 is 10.1 Å². The highest BCUT2D eigenvalue weighted by Gasteiger charge is 2.24. The normalized spacial score (nSPS) is 13.8. The third-order valence-electron chi connectivity index (χ3n) is 3.57. The third kappa shape index (κ3) is 3.38. The minimum Gasteiger partial charge on any atom is -0.497 e. The van der Waals surface area contributed by atoms with Crippen LogP contribution in [-0.4, -0.2) is 18.8 Å². The summed E-state index contributed by atoms with van der Waals surface area (Å²) >= 11 is 0. The van der Waals surface area contributed by atoms with E-state index in [0.29, 0.717) is 6.54 Å². The van der Waals surface area contributed by atoms with E-state index in [9.17, 15) is 5.11 Å². The van der Waals surface area contributed by atoms with E-state index < -0.39 is 5.54 Å². The summed E-state index contributed by atoms with van der Waals surface area (Å²) in [6.07, 6.45) is 0. The zero-order valence-electron chi connectivity index (χ0n) is 12.0. The van der Waals surface area contributed by atoms with Gasteiger partial charge in [-0.1, -0.05) is 42.5 Å². The molecule has 1 unspecified atom stereocenters. The van der Waals surface area contributed by atoms with Gasteiger partial charge in [0.15, 0.2) is 0 Å². The lowest BCUT2D eigenvalue weighted by atomic mass is 9.92. The van der Waals surface area contributed by atoms with Crippen LogP contribution in [0.15, 0.2) is 54.6 Å². The third-order valence-corrected chi connectivity index (χ3v) is 3.57. The van der Waals surface area contributed by atoms with Crippen molar-refractivity contribution in [1.29, 1.82) is 0 Å². The van der Waals surface area contributed by atoms with Crippen molar-refractivity contribution in [3.8, 4) is 5.75 Å². The maximum atomic E-state index is 9.75. The standard InChI is InChI=1S/C17H21NO2/c1-17(13-19,15-8-10-16(20-2)11-9-15)18-12-14-6-4-3-5-7-14/h3-11,18-19H,12-13H2,1-2H3. The molecular formula is C17H21NO2. The van der Waals surface area contributed by atoms with Gasteiger partial charge in [-0.25, -0.2) is 0 Å². The molecule has 2 N–H and O–H groups in total. The molecule has 20 heavy (non-hydrogen) atoms. The van der Waals surface area contributed by atoms with Gasteiger partial charge in [-0.15, -0.1) is 0 Å². The Hall–Kier alpha value is -1.84. The van der Waals surface area contributed by atoms with Gasteiger partial charge < -0.3 is 15.2 Å². The molecule has 0 aromatic heterocycles. The minimum atomic E-state index is -0.470. The number of hydrogen-bond acceptors (Lipinski definition) is 3. The van der Waals surface area contributed by atoms with Crippen molar-refractivity contribution in [1.82, 2.24) is 5.32 Å². The van der Waals surface area contributed by atoms with Crippen LogP contribution in [0.1, 0.15) is 18.1 Å². The van der Waals surface area contributed by atoms with Crippen LogP contribution in [-0.2, 0) is 12.1 Å². The summed E-state index contributed by atoms with van der Waals surface area (Å²) < 4.78 is 5.16. The van der Waals surface area contributed by atoms with Crippen LogP contribution in [0.2, 0.25) is 0 Å². The summed E-state index contributed by atoms with van der Waals surface area (Å²) in [4.78, 5) is 0. The molecule has 0 spiro atoms. The van der Waals surface area contributed by atoms with E-state index in [1.807, 2.05) is 49.4 Å². The zero-order chi connectivity index (χ0) is 14.4. The fourth-order valence-corrected chi connectivity index (χ4v) is 2.10. The quantitative estimate of drug-likeness (QED) is 0.849. The molecule has 3 heteroatoms. The second-order valence-electron chi connectivity index (χ2n) is 5.06. The average Bonchev–Trinajstić information content (AvgIpc) is 2.53. The van der Waals surface area contributed by atoms with Crippen LogP contribution in [0.4, 0.5) is 0 Å². The summed E-state index contributed by atoms with van der Waals surface area (Å²) in [5.41, 5.74) is 1.76. The molecule has 2 aromatic carbocycles. The van der Waals surface area contributed by atoms with Gasteiger partial charge in [-0.05, 0) is 30.2 Å². The first-order valence-corrected chi connectivity index (χ1v) is 6.72. The lowest BCUT2D eigenvalue weighted by Gasteiger charge is -2.29. The molecule has 3 nitrogen and oxygen atoms in total. The monoisotopic (exact) mass is 271 g/mol. The van der Waals surface area contributed by atoms with Gasteiger partial charge in [0.25, 0.3) is 0 Å². The number of aliphatic hydroxyl groups excluding tert-OH is 1. The van der Waals surface area contributed by atoms with Gasteiger partial charge in [-0.3, -0.25) is 0 Å². The van der Waals surface area contributed by atoms with Gasteiger partial charge in [0.2, 0.25) is 0 Å². The van der Waals surface area contributed by atoms with Crippen molar-refractivity contribution >= 4 is 0 Å². The van der Waals surface area contributed by atoms with Crippen molar-refractivity contribution in [2.75, 3.05) is 13.7 Å². The fraction of sp³-hybridized carbons (Fsp3) is 0.294. The predicted octanol–water partition coefficient (Wildman–Crippen LogP) is 2.69. The molecule has 0 saturated carbocycles. The highest BCUT2D eigenvalue weighted by atomic mass is 16.5. The van der Waals surface area contributed by atoms with Gasteiger partial charge >= 0.3 is 0 Å². The molecule has 0 aliphatic carbocycles. The van der Waals surface area contributed by atoms with Crippen LogP contribution in [0.3, 0.4) is 0 Å². The molecule has 0 aliphatic rings. The Bertz CT molecular complexity index is 524. The highest BCUT2D eigenvalue weighted by molar-refractivity contribution is 5.32. The molecule has 0 amide bonds. The average molecular weight is 271 g/mol. The fourth-order valence-electron chi connectivity index (χ4n) is 2.10. The van der Waals surface area contributed by atoms with E-state index in [-0.39, 0.29) is 6.61 Å². The van der Waals surface area contributed by atoms with E-state index >= 15 is 0 Å². The molecule has 2 rings (SSSR count). The molecule has 0 bridgehead atoms. The Morgan fingerprint density at radius 1 is 1.05 bits per heavy atom. The topological polar surface area (TPSA) is 41.5 Å². The lowest BCUT2D eigenvalue weighted by Crippen LogP contribution is -2.42. The summed E-state index contributed by atoms with van der Waals surface area (Å²) in [5.74, 6) is 0.817.